The highest BCUT2D eigenvalue weighted by Gasteiger charge is 2.46. The van der Waals surface area contributed by atoms with Gasteiger partial charge in [0.2, 0.25) is 17.7 Å². The van der Waals surface area contributed by atoms with E-state index in [0.717, 1.165) is 5.56 Å². The lowest BCUT2D eigenvalue weighted by Crippen LogP contribution is -2.60. The van der Waals surface area contributed by atoms with Crippen LogP contribution in [0.1, 0.15) is 24.8 Å². The minimum absolute atomic E-state index is 0.114. The number of esters is 1. The first-order valence-electron chi connectivity index (χ1n) is 12.1. The largest absolute Gasteiger partial charge is 0.467 e. The Morgan fingerprint density at radius 3 is 2.32 bits per heavy atom. The number of hydrogen-bond acceptors (Lipinski definition) is 8. The maximum Gasteiger partial charge on any atom is 0.328 e. The number of halogens is 1. The molecule has 0 spiro atoms. The molecular weight excluding hydrogens is 489 g/mol. The topological polar surface area (TPSA) is 124 Å². The molecule has 2 saturated heterocycles. The van der Waals surface area contributed by atoms with Gasteiger partial charge in [0.15, 0.2) is 0 Å². The molecule has 2 fully saturated rings. The molecule has 11 nitrogen and oxygen atoms in total. The van der Waals surface area contributed by atoms with Crippen molar-refractivity contribution in [3.05, 3.63) is 35.6 Å². The monoisotopic (exact) mass is 523 g/mol. The van der Waals surface area contributed by atoms with Crippen molar-refractivity contribution in [3.63, 3.8) is 0 Å². The standard InChI is InChI=1S/C25H34FN3O8/c1-34-14-22(30)27-18-8-9-28(23(31)15-35-2)20(10-18)24(32)29-12-19(11-21(29)25(33)36-3)37-13-16-4-6-17(26)7-5-16/h4-7,18-21H,8-15H2,1-3H3,(H,27,30)/t18-,19+,20-,21-/m0/s1. The van der Waals surface area contributed by atoms with Crippen LogP contribution in [0.25, 0.3) is 0 Å². The van der Waals surface area contributed by atoms with Gasteiger partial charge >= 0.3 is 5.97 Å². The number of ether oxygens (including phenoxy) is 4. The summed E-state index contributed by atoms with van der Waals surface area (Å²) in [5, 5.41) is 2.84. The molecular formula is C25H34FN3O8. The third-order valence-corrected chi connectivity index (χ3v) is 6.53. The van der Waals surface area contributed by atoms with E-state index in [2.05, 4.69) is 5.32 Å². The zero-order valence-electron chi connectivity index (χ0n) is 21.3. The van der Waals surface area contributed by atoms with E-state index >= 15 is 0 Å². The minimum atomic E-state index is -0.910. The van der Waals surface area contributed by atoms with E-state index in [0.29, 0.717) is 6.42 Å². The quantitative estimate of drug-likeness (QED) is 0.433. The van der Waals surface area contributed by atoms with Crippen LogP contribution in [0.2, 0.25) is 0 Å². The van der Waals surface area contributed by atoms with Gasteiger partial charge in [-0.05, 0) is 30.5 Å². The molecule has 0 radical (unpaired) electrons. The first kappa shape index (κ1) is 28.5. The van der Waals surface area contributed by atoms with Crippen molar-refractivity contribution in [2.45, 2.75) is 50.1 Å². The molecule has 2 aliphatic rings. The molecule has 12 heteroatoms. The zero-order valence-corrected chi connectivity index (χ0v) is 21.3. The summed E-state index contributed by atoms with van der Waals surface area (Å²) in [6.07, 6.45) is 0.377. The van der Waals surface area contributed by atoms with Crippen LogP contribution < -0.4 is 5.32 Å². The fourth-order valence-corrected chi connectivity index (χ4v) is 4.74. The van der Waals surface area contributed by atoms with E-state index in [-0.39, 0.29) is 69.4 Å². The number of amides is 3. The summed E-state index contributed by atoms with van der Waals surface area (Å²) in [7, 11) is 4.05. The van der Waals surface area contributed by atoms with Crippen molar-refractivity contribution < 1.29 is 42.5 Å². The first-order valence-corrected chi connectivity index (χ1v) is 12.1. The molecule has 2 aliphatic heterocycles. The number of carbonyl (C=O) groups is 4. The number of nitrogens with zero attached hydrogens (tertiary/aromatic N) is 2. The Labute approximate surface area is 215 Å². The maximum absolute atomic E-state index is 13.8. The van der Waals surface area contributed by atoms with Crippen molar-refractivity contribution in [2.24, 2.45) is 0 Å². The van der Waals surface area contributed by atoms with Crippen molar-refractivity contribution in [1.29, 1.82) is 0 Å². The van der Waals surface area contributed by atoms with Crippen LogP contribution in [0.4, 0.5) is 4.39 Å². The zero-order chi connectivity index (χ0) is 26.9. The molecule has 0 bridgehead atoms. The van der Waals surface area contributed by atoms with E-state index in [9.17, 15) is 23.6 Å². The van der Waals surface area contributed by atoms with Crippen molar-refractivity contribution >= 4 is 23.7 Å². The van der Waals surface area contributed by atoms with Crippen LogP contribution in [0.5, 0.6) is 0 Å². The second-order valence-electron chi connectivity index (χ2n) is 9.08. The van der Waals surface area contributed by atoms with Crippen molar-refractivity contribution in [3.8, 4) is 0 Å². The highest BCUT2D eigenvalue weighted by molar-refractivity contribution is 5.92. The predicted octanol–water partition coefficient (Wildman–Crippen LogP) is 0.253. The van der Waals surface area contributed by atoms with Crippen molar-refractivity contribution in [2.75, 3.05) is 47.6 Å². The normalized spacial score (nSPS) is 23.6. The second kappa shape index (κ2) is 13.5. The Morgan fingerprint density at radius 1 is 0.973 bits per heavy atom. The molecule has 3 rings (SSSR count). The van der Waals surface area contributed by atoms with Crippen LogP contribution >= 0.6 is 0 Å². The van der Waals surface area contributed by atoms with Gasteiger partial charge in [-0.3, -0.25) is 14.4 Å². The maximum atomic E-state index is 13.8. The Hall–Kier alpha value is -3.09. The van der Waals surface area contributed by atoms with Crippen molar-refractivity contribution in [1.82, 2.24) is 15.1 Å². The SMILES string of the molecule is COCC(=O)N[C@H]1CCN(C(=O)COC)[C@H](C(=O)N2C[C@H](OCc3ccc(F)cc3)C[C@H]2C(=O)OC)C1. The van der Waals surface area contributed by atoms with Crippen LogP contribution in [0.15, 0.2) is 24.3 Å². The molecule has 37 heavy (non-hydrogen) atoms. The van der Waals surface area contributed by atoms with E-state index in [1.807, 2.05) is 0 Å². The molecule has 3 amide bonds. The third kappa shape index (κ3) is 7.46. The van der Waals surface area contributed by atoms with E-state index < -0.39 is 30.1 Å². The molecule has 0 unspecified atom stereocenters. The fraction of sp³-hybridized carbons (Fsp3) is 0.600. The highest BCUT2D eigenvalue weighted by Crippen LogP contribution is 2.27. The summed E-state index contributed by atoms with van der Waals surface area (Å²) in [6, 6.07) is 3.71. The second-order valence-corrected chi connectivity index (χ2v) is 9.08. The van der Waals surface area contributed by atoms with Gasteiger partial charge in [0.05, 0.1) is 19.8 Å². The van der Waals surface area contributed by atoms with Gasteiger partial charge in [-0.25, -0.2) is 9.18 Å². The number of benzene rings is 1. The first-order chi connectivity index (χ1) is 17.8. The Bertz CT molecular complexity index is 960. The lowest BCUT2D eigenvalue weighted by atomic mass is 9.95. The highest BCUT2D eigenvalue weighted by atomic mass is 19.1. The Morgan fingerprint density at radius 2 is 1.68 bits per heavy atom. The van der Waals surface area contributed by atoms with E-state index in [1.165, 1.54) is 43.3 Å². The molecule has 1 aromatic carbocycles. The number of carbonyl (C=O) groups excluding carboxylic acids is 4. The Balaban J connectivity index is 1.76. The van der Waals surface area contributed by atoms with Crippen LogP contribution in [0, 0.1) is 5.82 Å². The van der Waals surface area contributed by atoms with Gasteiger partial charge in [-0.1, -0.05) is 12.1 Å². The minimum Gasteiger partial charge on any atom is -0.467 e. The predicted molar refractivity (Wildman–Crippen MR) is 128 cm³/mol. The molecule has 4 atom stereocenters. The summed E-state index contributed by atoms with van der Waals surface area (Å²) in [5.41, 5.74) is 0.749. The van der Waals surface area contributed by atoms with Gasteiger partial charge in [-0.15, -0.1) is 0 Å². The third-order valence-electron chi connectivity index (χ3n) is 6.53. The molecule has 0 aromatic heterocycles. The van der Waals surface area contributed by atoms with Crippen LogP contribution in [0.3, 0.4) is 0 Å². The van der Waals surface area contributed by atoms with Gasteiger partial charge in [0, 0.05) is 39.8 Å². The van der Waals surface area contributed by atoms with E-state index in [1.54, 1.807) is 12.1 Å². The average molecular weight is 524 g/mol. The van der Waals surface area contributed by atoms with Gasteiger partial charge in [0.25, 0.3) is 0 Å². The summed E-state index contributed by atoms with van der Waals surface area (Å²) in [6.45, 7) is 0.205. The Kier molecular flexibility index (Phi) is 10.4. The summed E-state index contributed by atoms with van der Waals surface area (Å²) < 4.78 is 33.9. The molecule has 0 aliphatic carbocycles. The van der Waals surface area contributed by atoms with E-state index in [4.69, 9.17) is 18.9 Å². The lowest BCUT2D eigenvalue weighted by Gasteiger charge is -2.40. The smallest absolute Gasteiger partial charge is 0.328 e. The molecule has 1 aromatic rings. The number of likely N-dealkylation sites (tertiary alicyclic amines) is 2. The summed E-state index contributed by atoms with van der Waals surface area (Å²) >= 11 is 0. The van der Waals surface area contributed by atoms with Gasteiger partial charge in [0.1, 0.15) is 31.1 Å². The summed E-state index contributed by atoms with van der Waals surface area (Å²) in [5.74, 6) is -2.06. The number of methoxy groups -OCH3 is 3. The number of nitrogens with one attached hydrogen (secondary N) is 1. The number of hydrogen-bond donors (Lipinski definition) is 1. The molecule has 204 valence electrons. The van der Waals surface area contributed by atoms with Crippen LogP contribution in [-0.2, 0) is 44.7 Å². The van der Waals surface area contributed by atoms with Crippen LogP contribution in [-0.4, -0.2) is 105 Å². The average Bonchev–Trinajstić information content (AvgIpc) is 3.32. The van der Waals surface area contributed by atoms with Gasteiger partial charge in [-0.2, -0.15) is 0 Å². The lowest BCUT2D eigenvalue weighted by molar-refractivity contribution is -0.156. The molecule has 1 N–H and O–H groups in total. The molecule has 2 heterocycles. The molecule has 0 saturated carbocycles. The number of rotatable bonds is 10. The number of piperidine rings is 1. The van der Waals surface area contributed by atoms with Gasteiger partial charge < -0.3 is 34.1 Å². The fourth-order valence-electron chi connectivity index (χ4n) is 4.74. The summed E-state index contributed by atoms with van der Waals surface area (Å²) in [4.78, 5) is 54.0.